The van der Waals surface area contributed by atoms with Gasteiger partial charge in [0.2, 0.25) is 0 Å². The molecular weight excluding hydrogens is 350 g/mol. The molecule has 1 atom stereocenters. The zero-order valence-corrected chi connectivity index (χ0v) is 12.9. The number of hydrogen-bond acceptors (Lipinski definition) is 3. The Balaban J connectivity index is 3.47. The van der Waals surface area contributed by atoms with Crippen LogP contribution in [-0.2, 0) is 12.4 Å². The van der Waals surface area contributed by atoms with E-state index in [-0.39, 0.29) is 12.4 Å². The number of anilines is 2. The third-order valence-electron chi connectivity index (χ3n) is 2.89. The van der Waals surface area contributed by atoms with Crippen molar-refractivity contribution in [3.8, 4) is 0 Å². The van der Waals surface area contributed by atoms with E-state index in [1.165, 1.54) is 0 Å². The van der Waals surface area contributed by atoms with Crippen LogP contribution < -0.4 is 10.2 Å². The minimum Gasteiger partial charge on any atom is -0.390 e. The third-order valence-corrected chi connectivity index (χ3v) is 3.24. The van der Waals surface area contributed by atoms with Crippen LogP contribution in [0.25, 0.3) is 0 Å². The second kappa shape index (κ2) is 7.04. The van der Waals surface area contributed by atoms with Crippen LogP contribution in [0.4, 0.5) is 37.7 Å². The van der Waals surface area contributed by atoms with Crippen LogP contribution in [0, 0.1) is 0 Å². The topological polar surface area (TPSA) is 35.5 Å². The van der Waals surface area contributed by atoms with Crippen LogP contribution in [0.2, 0.25) is 0 Å². The average Bonchev–Trinajstić information content (AvgIpc) is 2.41. The van der Waals surface area contributed by atoms with Gasteiger partial charge in [0.1, 0.15) is 0 Å². The second-order valence-electron chi connectivity index (χ2n) is 5.00. The molecule has 1 rings (SSSR count). The van der Waals surface area contributed by atoms with E-state index in [1.54, 1.807) is 0 Å². The van der Waals surface area contributed by atoms with Crippen molar-refractivity contribution in [3.63, 3.8) is 0 Å². The molecule has 2 N–H and O–H groups in total. The lowest BCUT2D eigenvalue weighted by Gasteiger charge is -2.25. The van der Waals surface area contributed by atoms with Crippen molar-refractivity contribution >= 4 is 23.0 Å². The van der Waals surface area contributed by atoms with Gasteiger partial charge in [0.15, 0.2) is 0 Å². The molecule has 0 aliphatic carbocycles. The predicted molar refractivity (Wildman–Crippen MR) is 76.0 cm³/mol. The van der Waals surface area contributed by atoms with Gasteiger partial charge in [-0.25, -0.2) is 0 Å². The lowest BCUT2D eigenvalue weighted by Crippen LogP contribution is -2.24. The van der Waals surface area contributed by atoms with E-state index in [0.29, 0.717) is 12.1 Å². The van der Waals surface area contributed by atoms with E-state index in [2.05, 4.69) is 5.32 Å². The first-order valence-corrected chi connectivity index (χ1v) is 6.89. The highest BCUT2D eigenvalue weighted by Crippen LogP contribution is 2.45. The van der Waals surface area contributed by atoms with Crippen LogP contribution in [0.3, 0.4) is 0 Å². The first-order chi connectivity index (χ1) is 10.4. The summed E-state index contributed by atoms with van der Waals surface area (Å²) in [5.74, 6) is -0.207. The molecule has 1 aromatic carbocycles. The normalized spacial score (nSPS) is 13.8. The summed E-state index contributed by atoms with van der Waals surface area (Å²) in [4.78, 5) is 0.767. The fourth-order valence-corrected chi connectivity index (χ4v) is 2.05. The molecule has 10 heteroatoms. The molecule has 0 aliphatic rings. The van der Waals surface area contributed by atoms with E-state index < -0.39 is 41.0 Å². The standard InChI is InChI=1S/C13H15ClF6N2O/c1-22(2)11-9(12(15,16)17)3-7(21-6-8(23)5-14)4-10(11)13(18,19)20/h3-4,8,21,23H,5-6H2,1-2H3. The maximum atomic E-state index is 13.1. The average molecular weight is 365 g/mol. The molecular formula is C13H15ClF6N2O. The number of nitrogens with zero attached hydrogens (tertiary/aromatic N) is 1. The summed E-state index contributed by atoms with van der Waals surface area (Å²) in [6, 6.07) is 1.15. The molecule has 1 aromatic rings. The second-order valence-corrected chi connectivity index (χ2v) is 5.31. The van der Waals surface area contributed by atoms with Crippen LogP contribution in [0.1, 0.15) is 11.1 Å². The van der Waals surface area contributed by atoms with Gasteiger partial charge in [-0.05, 0) is 12.1 Å². The molecule has 0 saturated carbocycles. The van der Waals surface area contributed by atoms with Gasteiger partial charge in [0, 0.05) is 26.3 Å². The summed E-state index contributed by atoms with van der Waals surface area (Å²) >= 11 is 5.34. The predicted octanol–water partition coefficient (Wildman–Crippen LogP) is 3.80. The third kappa shape index (κ3) is 5.07. The number of halogens is 7. The summed E-state index contributed by atoms with van der Waals surface area (Å²) in [5, 5.41) is 11.6. The van der Waals surface area contributed by atoms with Crippen molar-refractivity contribution in [2.24, 2.45) is 0 Å². The molecule has 0 spiro atoms. The van der Waals surface area contributed by atoms with E-state index in [9.17, 15) is 31.4 Å². The smallest absolute Gasteiger partial charge is 0.390 e. The van der Waals surface area contributed by atoms with Crippen LogP contribution in [-0.4, -0.2) is 37.7 Å². The fourth-order valence-electron chi connectivity index (χ4n) is 1.94. The van der Waals surface area contributed by atoms with Gasteiger partial charge in [0.05, 0.1) is 28.8 Å². The minimum atomic E-state index is -4.97. The minimum absolute atomic E-state index is 0.207. The number of alkyl halides is 7. The Labute approximate surface area is 133 Å². The molecule has 3 nitrogen and oxygen atoms in total. The quantitative estimate of drug-likeness (QED) is 0.616. The fraction of sp³-hybridized carbons (Fsp3) is 0.538. The van der Waals surface area contributed by atoms with Crippen molar-refractivity contribution in [1.82, 2.24) is 0 Å². The zero-order chi connectivity index (χ0) is 18.0. The van der Waals surface area contributed by atoms with Crippen molar-refractivity contribution in [2.45, 2.75) is 18.5 Å². The van der Waals surface area contributed by atoms with Gasteiger partial charge in [-0.15, -0.1) is 11.6 Å². The molecule has 0 amide bonds. The van der Waals surface area contributed by atoms with E-state index in [1.807, 2.05) is 0 Å². The summed E-state index contributed by atoms with van der Waals surface area (Å²) in [6.45, 7) is -0.278. The maximum Gasteiger partial charge on any atom is 0.418 e. The molecule has 0 radical (unpaired) electrons. The van der Waals surface area contributed by atoms with E-state index >= 15 is 0 Å². The Hall–Kier alpha value is -1.35. The largest absolute Gasteiger partial charge is 0.418 e. The van der Waals surface area contributed by atoms with Gasteiger partial charge in [0.25, 0.3) is 0 Å². The molecule has 23 heavy (non-hydrogen) atoms. The SMILES string of the molecule is CN(C)c1c(C(F)(F)F)cc(NCC(O)CCl)cc1C(F)(F)F. The van der Waals surface area contributed by atoms with Gasteiger partial charge < -0.3 is 15.3 Å². The zero-order valence-electron chi connectivity index (χ0n) is 12.2. The van der Waals surface area contributed by atoms with Gasteiger partial charge in [-0.2, -0.15) is 26.3 Å². The van der Waals surface area contributed by atoms with Gasteiger partial charge in [-0.3, -0.25) is 0 Å². The highest BCUT2D eigenvalue weighted by atomic mass is 35.5. The summed E-state index contributed by atoms with van der Waals surface area (Å²) in [7, 11) is 2.20. The number of hydrogen-bond donors (Lipinski definition) is 2. The van der Waals surface area contributed by atoms with Crippen LogP contribution in [0.5, 0.6) is 0 Å². The Bertz CT molecular complexity index is 509. The monoisotopic (exact) mass is 364 g/mol. The Morgan fingerprint density at radius 3 is 1.83 bits per heavy atom. The first-order valence-electron chi connectivity index (χ1n) is 6.35. The van der Waals surface area contributed by atoms with Crippen LogP contribution >= 0.6 is 11.6 Å². The number of aliphatic hydroxyl groups is 1. The van der Waals surface area contributed by atoms with E-state index in [4.69, 9.17) is 11.6 Å². The number of nitrogens with one attached hydrogen (secondary N) is 1. The van der Waals surface area contributed by atoms with Gasteiger partial charge in [-0.1, -0.05) is 0 Å². The number of aliphatic hydroxyl groups excluding tert-OH is 1. The Kier molecular flexibility index (Phi) is 6.03. The molecule has 0 heterocycles. The maximum absolute atomic E-state index is 13.1. The molecule has 1 unspecified atom stereocenters. The van der Waals surface area contributed by atoms with Crippen molar-refractivity contribution in [2.75, 3.05) is 36.7 Å². The van der Waals surface area contributed by atoms with Crippen molar-refractivity contribution in [1.29, 1.82) is 0 Å². The lowest BCUT2D eigenvalue weighted by atomic mass is 10.0. The summed E-state index contributed by atoms with van der Waals surface area (Å²) in [6.07, 6.45) is -11.0. The number of rotatable bonds is 5. The molecule has 0 saturated heterocycles. The Morgan fingerprint density at radius 1 is 1.09 bits per heavy atom. The first kappa shape index (κ1) is 19.7. The molecule has 0 bridgehead atoms. The molecule has 0 aromatic heterocycles. The van der Waals surface area contributed by atoms with Crippen molar-refractivity contribution in [3.05, 3.63) is 23.3 Å². The van der Waals surface area contributed by atoms with Crippen LogP contribution in [0.15, 0.2) is 12.1 Å². The van der Waals surface area contributed by atoms with E-state index in [0.717, 1.165) is 19.0 Å². The molecule has 0 aliphatic heterocycles. The summed E-state index contributed by atoms with van der Waals surface area (Å²) < 4.78 is 78.8. The van der Waals surface area contributed by atoms with Crippen molar-refractivity contribution < 1.29 is 31.4 Å². The highest BCUT2D eigenvalue weighted by Gasteiger charge is 2.42. The highest BCUT2D eigenvalue weighted by molar-refractivity contribution is 6.18. The number of benzene rings is 1. The summed E-state index contributed by atoms with van der Waals surface area (Å²) in [5.41, 5.74) is -4.20. The molecule has 132 valence electrons. The van der Waals surface area contributed by atoms with Gasteiger partial charge >= 0.3 is 12.4 Å². The molecule has 0 fully saturated rings. The Morgan fingerprint density at radius 2 is 1.52 bits per heavy atom. The lowest BCUT2D eigenvalue weighted by molar-refractivity contribution is -0.142.